The molecule has 0 atom stereocenters. The second-order valence-electron chi connectivity index (χ2n) is 8.35. The molecule has 3 aromatic rings. The molecule has 182 valence electrons. The van der Waals surface area contributed by atoms with Crippen LogP contribution in [0.1, 0.15) is 36.1 Å². The Balaban J connectivity index is 0.000000303. The maximum absolute atomic E-state index is 12.4. The molecule has 0 heterocycles. The van der Waals surface area contributed by atoms with E-state index in [1.54, 1.807) is 13.8 Å². The van der Waals surface area contributed by atoms with Crippen LogP contribution in [0.25, 0.3) is 12.2 Å². The number of nitrogens with one attached hydrogen (secondary N) is 2. The highest BCUT2D eigenvalue weighted by Crippen LogP contribution is 2.24. The zero-order valence-electron chi connectivity index (χ0n) is 21.0. The maximum Gasteiger partial charge on any atom is 0.251 e. The van der Waals surface area contributed by atoms with Crippen molar-refractivity contribution in [1.82, 2.24) is 0 Å². The number of carbonyl (C=O) groups is 2. The van der Waals surface area contributed by atoms with Gasteiger partial charge in [0.1, 0.15) is 6.29 Å². The Hall–Kier alpha value is -4.32. The minimum atomic E-state index is -0.110. The summed E-state index contributed by atoms with van der Waals surface area (Å²) in [6, 6.07) is 18.8. The third-order valence-corrected chi connectivity index (χ3v) is 5.28. The van der Waals surface area contributed by atoms with Crippen LogP contribution < -0.4 is 22.1 Å². The molecule has 0 saturated heterocycles. The lowest BCUT2D eigenvalue weighted by molar-refractivity contribution is -0.112. The SMILES string of the molecule is C/C(C=O)=C\c1ccc(N)cc1.CNc1cc(C)c(NC(=O)/C(C)=C/c2ccc(N)cc2)cc1C. The van der Waals surface area contributed by atoms with Crippen molar-refractivity contribution in [1.29, 1.82) is 0 Å². The summed E-state index contributed by atoms with van der Waals surface area (Å²) in [5.74, 6) is -0.110. The predicted molar refractivity (Wildman–Crippen MR) is 149 cm³/mol. The molecule has 3 aromatic carbocycles. The first-order chi connectivity index (χ1) is 16.6. The Labute approximate surface area is 207 Å². The number of hydrogen-bond donors (Lipinski definition) is 4. The lowest BCUT2D eigenvalue weighted by atomic mass is 10.1. The molecule has 6 nitrogen and oxygen atoms in total. The maximum atomic E-state index is 12.4. The highest BCUT2D eigenvalue weighted by molar-refractivity contribution is 6.06. The molecule has 0 aliphatic rings. The molecule has 3 rings (SSSR count). The zero-order valence-corrected chi connectivity index (χ0v) is 21.0. The van der Waals surface area contributed by atoms with Gasteiger partial charge in [-0.05, 0) is 104 Å². The number of aryl methyl sites for hydroxylation is 2. The van der Waals surface area contributed by atoms with E-state index in [0.29, 0.717) is 16.8 Å². The van der Waals surface area contributed by atoms with Crippen molar-refractivity contribution in [3.8, 4) is 0 Å². The summed E-state index contributed by atoms with van der Waals surface area (Å²) in [5.41, 5.74) is 19.9. The molecule has 0 spiro atoms. The van der Waals surface area contributed by atoms with Crippen LogP contribution in [-0.2, 0) is 9.59 Å². The molecule has 0 aliphatic heterocycles. The second kappa shape index (κ2) is 12.8. The Morgan fingerprint density at radius 2 is 1.23 bits per heavy atom. The summed E-state index contributed by atoms with van der Waals surface area (Å²) >= 11 is 0. The lowest BCUT2D eigenvalue weighted by Gasteiger charge is -2.13. The van der Waals surface area contributed by atoms with Crippen LogP contribution in [0.4, 0.5) is 22.7 Å². The number of rotatable bonds is 6. The number of nitrogen functional groups attached to an aromatic ring is 2. The minimum absolute atomic E-state index is 0.110. The fourth-order valence-electron chi connectivity index (χ4n) is 3.24. The largest absolute Gasteiger partial charge is 0.399 e. The van der Waals surface area contributed by atoms with Gasteiger partial charge in [-0.15, -0.1) is 0 Å². The van der Waals surface area contributed by atoms with Crippen molar-refractivity contribution in [3.05, 3.63) is 94.1 Å². The van der Waals surface area contributed by atoms with Crippen LogP contribution in [-0.4, -0.2) is 19.2 Å². The molecule has 0 bridgehead atoms. The monoisotopic (exact) mass is 470 g/mol. The average molecular weight is 471 g/mol. The van der Waals surface area contributed by atoms with Gasteiger partial charge in [0, 0.05) is 35.4 Å². The molecule has 0 unspecified atom stereocenters. The third kappa shape index (κ3) is 8.51. The van der Waals surface area contributed by atoms with Gasteiger partial charge in [-0.1, -0.05) is 24.3 Å². The van der Waals surface area contributed by atoms with Crippen LogP contribution in [0.15, 0.2) is 71.8 Å². The number of aldehydes is 1. The van der Waals surface area contributed by atoms with E-state index in [2.05, 4.69) is 10.6 Å². The molecular weight excluding hydrogens is 436 g/mol. The Kier molecular flexibility index (Phi) is 9.84. The fourth-order valence-corrected chi connectivity index (χ4v) is 3.24. The number of hydrogen-bond acceptors (Lipinski definition) is 5. The van der Waals surface area contributed by atoms with E-state index in [1.807, 2.05) is 93.7 Å². The number of amides is 1. The standard InChI is InChI=1S/C19H23N3O.C10H11NO/c1-12-11-18(13(2)10-17(12)21-4)22-19(23)14(3)9-15-5-7-16(20)8-6-15;1-8(7-12)6-9-2-4-10(11)5-3-9/h5-11,21H,20H2,1-4H3,(H,22,23);2-7H,11H2,1H3/b14-9+;8-6+. The van der Waals surface area contributed by atoms with Gasteiger partial charge in [-0.3, -0.25) is 9.59 Å². The minimum Gasteiger partial charge on any atom is -0.399 e. The summed E-state index contributed by atoms with van der Waals surface area (Å²) in [7, 11) is 1.89. The van der Waals surface area contributed by atoms with Crippen LogP contribution in [0.5, 0.6) is 0 Å². The van der Waals surface area contributed by atoms with Crippen molar-refractivity contribution in [2.75, 3.05) is 29.1 Å². The molecule has 6 N–H and O–H groups in total. The fraction of sp³-hybridized carbons (Fsp3) is 0.172. The van der Waals surface area contributed by atoms with E-state index in [9.17, 15) is 9.59 Å². The number of allylic oxidation sites excluding steroid dienone is 1. The van der Waals surface area contributed by atoms with Gasteiger partial charge >= 0.3 is 0 Å². The van der Waals surface area contributed by atoms with Gasteiger partial charge in [0.05, 0.1) is 0 Å². The number of nitrogens with two attached hydrogens (primary N) is 2. The molecule has 0 aliphatic carbocycles. The second-order valence-corrected chi connectivity index (χ2v) is 8.35. The molecule has 6 heteroatoms. The van der Waals surface area contributed by atoms with Gasteiger partial charge < -0.3 is 22.1 Å². The highest BCUT2D eigenvalue weighted by atomic mass is 16.1. The summed E-state index contributed by atoms with van der Waals surface area (Å²) in [5, 5.41) is 6.12. The van der Waals surface area contributed by atoms with E-state index >= 15 is 0 Å². The topological polar surface area (TPSA) is 110 Å². The first kappa shape index (κ1) is 26.9. The number of anilines is 4. The van der Waals surface area contributed by atoms with E-state index < -0.39 is 0 Å². The quantitative estimate of drug-likeness (QED) is 0.205. The molecule has 0 aromatic heterocycles. The summed E-state index contributed by atoms with van der Waals surface area (Å²) < 4.78 is 0. The van der Waals surface area contributed by atoms with Crippen molar-refractivity contribution < 1.29 is 9.59 Å². The van der Waals surface area contributed by atoms with Gasteiger partial charge in [-0.25, -0.2) is 0 Å². The molecule has 35 heavy (non-hydrogen) atoms. The van der Waals surface area contributed by atoms with Gasteiger partial charge in [0.25, 0.3) is 5.91 Å². The molecule has 1 amide bonds. The van der Waals surface area contributed by atoms with E-state index in [4.69, 9.17) is 11.5 Å². The average Bonchev–Trinajstić information content (AvgIpc) is 2.84. The van der Waals surface area contributed by atoms with Crippen molar-refractivity contribution in [2.45, 2.75) is 27.7 Å². The zero-order chi connectivity index (χ0) is 26.0. The van der Waals surface area contributed by atoms with Crippen LogP contribution in [0.3, 0.4) is 0 Å². The van der Waals surface area contributed by atoms with Crippen molar-refractivity contribution in [2.24, 2.45) is 0 Å². The number of benzene rings is 3. The Morgan fingerprint density at radius 3 is 1.71 bits per heavy atom. The third-order valence-electron chi connectivity index (χ3n) is 5.28. The van der Waals surface area contributed by atoms with E-state index in [-0.39, 0.29) is 5.91 Å². The molecule has 0 fully saturated rings. The van der Waals surface area contributed by atoms with Gasteiger partial charge in [0.2, 0.25) is 0 Å². The van der Waals surface area contributed by atoms with Gasteiger partial charge in [-0.2, -0.15) is 0 Å². The molecule has 0 saturated carbocycles. The Morgan fingerprint density at radius 1 is 0.771 bits per heavy atom. The van der Waals surface area contributed by atoms with E-state index in [0.717, 1.165) is 45.6 Å². The Bertz CT molecular complexity index is 1220. The van der Waals surface area contributed by atoms with Crippen LogP contribution in [0, 0.1) is 13.8 Å². The predicted octanol–water partition coefficient (Wildman–Crippen LogP) is 5.84. The first-order valence-electron chi connectivity index (χ1n) is 11.3. The van der Waals surface area contributed by atoms with E-state index in [1.165, 1.54) is 0 Å². The highest BCUT2D eigenvalue weighted by Gasteiger charge is 2.09. The summed E-state index contributed by atoms with van der Waals surface area (Å²) in [6.45, 7) is 7.56. The van der Waals surface area contributed by atoms with Crippen molar-refractivity contribution in [3.63, 3.8) is 0 Å². The van der Waals surface area contributed by atoms with Crippen LogP contribution in [0.2, 0.25) is 0 Å². The summed E-state index contributed by atoms with van der Waals surface area (Å²) in [4.78, 5) is 22.7. The summed E-state index contributed by atoms with van der Waals surface area (Å²) in [6.07, 6.45) is 4.49. The first-order valence-corrected chi connectivity index (χ1v) is 11.3. The van der Waals surface area contributed by atoms with Crippen LogP contribution >= 0.6 is 0 Å². The normalized spacial score (nSPS) is 11.2. The van der Waals surface area contributed by atoms with Gasteiger partial charge in [0.15, 0.2) is 0 Å². The molecular formula is C29H34N4O2. The molecule has 0 radical (unpaired) electrons. The smallest absolute Gasteiger partial charge is 0.251 e. The van der Waals surface area contributed by atoms with Crippen molar-refractivity contribution >= 4 is 47.1 Å². The lowest BCUT2D eigenvalue weighted by Crippen LogP contribution is -2.14. The number of carbonyl (C=O) groups excluding carboxylic acids is 2.